The van der Waals surface area contributed by atoms with Crippen molar-refractivity contribution in [1.82, 2.24) is 4.98 Å². The van der Waals surface area contributed by atoms with Crippen LogP contribution in [0.15, 0.2) is 24.4 Å². The van der Waals surface area contributed by atoms with E-state index < -0.39 is 13.4 Å². The fourth-order valence-corrected chi connectivity index (χ4v) is 2.86. The van der Waals surface area contributed by atoms with Crippen molar-refractivity contribution >= 4 is 7.60 Å². The van der Waals surface area contributed by atoms with Gasteiger partial charge in [0.2, 0.25) is 0 Å². The molecule has 0 bridgehead atoms. The fourth-order valence-electron chi connectivity index (χ4n) is 1.27. The van der Waals surface area contributed by atoms with Crippen molar-refractivity contribution in [2.45, 2.75) is 19.6 Å². The highest BCUT2D eigenvalue weighted by Gasteiger charge is 2.34. The van der Waals surface area contributed by atoms with Crippen LogP contribution in [0.1, 0.15) is 25.3 Å². The van der Waals surface area contributed by atoms with Gasteiger partial charge >= 0.3 is 7.60 Å². The van der Waals surface area contributed by atoms with Crippen molar-refractivity contribution in [2.75, 3.05) is 13.2 Å². The summed E-state index contributed by atoms with van der Waals surface area (Å²) in [7, 11) is -3.32. The van der Waals surface area contributed by atoms with E-state index in [-0.39, 0.29) is 13.2 Å². The lowest BCUT2D eigenvalue weighted by molar-refractivity contribution is 0.212. The SMILES string of the molecule is CCOP(=O)(OCC)[C@@H](N)c1ccccn1. The second kappa shape index (κ2) is 6.11. The number of rotatable bonds is 6. The molecule has 0 saturated carbocycles. The molecule has 0 aliphatic rings. The molecule has 0 fully saturated rings. The number of hydrogen-bond acceptors (Lipinski definition) is 5. The van der Waals surface area contributed by atoms with E-state index in [4.69, 9.17) is 14.8 Å². The van der Waals surface area contributed by atoms with Crippen LogP contribution in [0, 0.1) is 0 Å². The molecule has 6 heteroatoms. The van der Waals surface area contributed by atoms with Gasteiger partial charge in [-0.1, -0.05) is 6.07 Å². The van der Waals surface area contributed by atoms with E-state index in [0.717, 1.165) is 0 Å². The molecule has 1 atom stereocenters. The van der Waals surface area contributed by atoms with Crippen LogP contribution in [-0.4, -0.2) is 18.2 Å². The van der Waals surface area contributed by atoms with Crippen LogP contribution in [0.5, 0.6) is 0 Å². The summed E-state index contributed by atoms with van der Waals surface area (Å²) >= 11 is 0. The summed E-state index contributed by atoms with van der Waals surface area (Å²) in [4.78, 5) is 4.05. The number of nitrogens with zero attached hydrogens (tertiary/aromatic N) is 1. The Hall–Kier alpha value is -0.740. The molecule has 1 rings (SSSR count). The molecule has 90 valence electrons. The minimum absolute atomic E-state index is 0.289. The van der Waals surface area contributed by atoms with Crippen molar-refractivity contribution in [3.05, 3.63) is 30.1 Å². The molecule has 16 heavy (non-hydrogen) atoms. The van der Waals surface area contributed by atoms with E-state index in [2.05, 4.69) is 4.98 Å². The average Bonchev–Trinajstić information content (AvgIpc) is 2.30. The molecule has 1 aromatic rings. The molecule has 0 aromatic carbocycles. The second-order valence-corrected chi connectivity index (χ2v) is 5.23. The Morgan fingerprint density at radius 1 is 1.38 bits per heavy atom. The molecule has 1 heterocycles. The standard InChI is InChI=1S/C10H17N2O3P/c1-3-14-16(13,15-4-2)10(11)9-7-5-6-8-12-9/h5-8,10H,3-4,11H2,1-2H3/t10-/m1/s1. The highest BCUT2D eigenvalue weighted by Crippen LogP contribution is 2.57. The van der Waals surface area contributed by atoms with Gasteiger partial charge in [-0.05, 0) is 26.0 Å². The molecular formula is C10H17N2O3P. The number of pyridine rings is 1. The van der Waals surface area contributed by atoms with Gasteiger partial charge in [-0.3, -0.25) is 9.55 Å². The Bertz CT molecular complexity index is 348. The number of hydrogen-bond donors (Lipinski definition) is 1. The Morgan fingerprint density at radius 3 is 2.44 bits per heavy atom. The molecule has 0 saturated heterocycles. The first-order valence-electron chi connectivity index (χ1n) is 5.19. The third-order valence-corrected chi connectivity index (χ3v) is 4.13. The van der Waals surface area contributed by atoms with Gasteiger partial charge in [0.1, 0.15) is 0 Å². The topological polar surface area (TPSA) is 74.4 Å². The Labute approximate surface area is 95.5 Å². The predicted molar refractivity (Wildman–Crippen MR) is 62.0 cm³/mol. The maximum atomic E-state index is 12.3. The van der Waals surface area contributed by atoms with Gasteiger partial charge in [-0.2, -0.15) is 0 Å². The lowest BCUT2D eigenvalue weighted by atomic mass is 10.3. The van der Waals surface area contributed by atoms with E-state index in [1.807, 2.05) is 0 Å². The molecule has 0 amide bonds. The first-order valence-corrected chi connectivity index (χ1v) is 6.80. The predicted octanol–water partition coefficient (Wildman–Crippen LogP) is 2.31. The van der Waals surface area contributed by atoms with Crippen LogP contribution in [0.3, 0.4) is 0 Å². The normalized spacial score (nSPS) is 13.7. The monoisotopic (exact) mass is 244 g/mol. The molecule has 0 aliphatic heterocycles. The lowest BCUT2D eigenvalue weighted by Gasteiger charge is -2.22. The highest BCUT2D eigenvalue weighted by atomic mass is 31.2. The summed E-state index contributed by atoms with van der Waals surface area (Å²) in [5.74, 6) is -0.839. The summed E-state index contributed by atoms with van der Waals surface area (Å²) in [5.41, 5.74) is 6.38. The first-order chi connectivity index (χ1) is 7.64. The van der Waals surface area contributed by atoms with Crippen molar-refractivity contribution in [3.63, 3.8) is 0 Å². The van der Waals surface area contributed by atoms with Crippen LogP contribution in [-0.2, 0) is 13.6 Å². The summed E-state index contributed by atoms with van der Waals surface area (Å²) in [6.07, 6.45) is 1.59. The maximum Gasteiger partial charge on any atom is 0.353 e. The van der Waals surface area contributed by atoms with E-state index in [9.17, 15) is 4.57 Å². The molecule has 5 nitrogen and oxygen atoms in total. The quantitative estimate of drug-likeness (QED) is 0.777. The second-order valence-electron chi connectivity index (χ2n) is 3.07. The van der Waals surface area contributed by atoms with Crippen molar-refractivity contribution in [1.29, 1.82) is 0 Å². The average molecular weight is 244 g/mol. The van der Waals surface area contributed by atoms with Gasteiger partial charge in [0.25, 0.3) is 0 Å². The van der Waals surface area contributed by atoms with Gasteiger partial charge in [-0.15, -0.1) is 0 Å². The maximum absolute atomic E-state index is 12.3. The fraction of sp³-hybridized carbons (Fsp3) is 0.500. The summed E-state index contributed by atoms with van der Waals surface area (Å²) < 4.78 is 22.6. The Morgan fingerprint density at radius 2 is 2.00 bits per heavy atom. The summed E-state index contributed by atoms with van der Waals surface area (Å²) in [6, 6.07) is 5.25. The van der Waals surface area contributed by atoms with Crippen LogP contribution >= 0.6 is 7.60 Å². The van der Waals surface area contributed by atoms with E-state index in [1.165, 1.54) is 0 Å². The third-order valence-electron chi connectivity index (χ3n) is 1.95. The summed E-state index contributed by atoms with van der Waals surface area (Å²) in [6.45, 7) is 4.07. The molecule has 0 spiro atoms. The van der Waals surface area contributed by atoms with Crippen molar-refractivity contribution in [3.8, 4) is 0 Å². The van der Waals surface area contributed by atoms with Crippen molar-refractivity contribution < 1.29 is 13.6 Å². The first kappa shape index (κ1) is 13.3. The van der Waals surface area contributed by atoms with E-state index in [1.54, 1.807) is 38.2 Å². The highest BCUT2D eigenvalue weighted by molar-refractivity contribution is 7.54. The third kappa shape index (κ3) is 3.12. The zero-order valence-corrected chi connectivity index (χ0v) is 10.4. The van der Waals surface area contributed by atoms with Gasteiger partial charge in [-0.25, -0.2) is 0 Å². The zero-order valence-electron chi connectivity index (χ0n) is 9.50. The molecule has 2 N–H and O–H groups in total. The lowest BCUT2D eigenvalue weighted by Crippen LogP contribution is -2.16. The Balaban J connectivity index is 2.91. The van der Waals surface area contributed by atoms with Crippen LogP contribution in [0.4, 0.5) is 0 Å². The molecule has 1 aromatic heterocycles. The van der Waals surface area contributed by atoms with E-state index in [0.29, 0.717) is 5.69 Å². The van der Waals surface area contributed by atoms with Crippen molar-refractivity contribution in [2.24, 2.45) is 5.73 Å². The summed E-state index contributed by atoms with van der Waals surface area (Å²) in [5, 5.41) is 0. The zero-order chi connectivity index (χ0) is 12.0. The molecule has 0 aliphatic carbocycles. The molecule has 0 radical (unpaired) electrons. The molecular weight excluding hydrogens is 227 g/mol. The van der Waals surface area contributed by atoms with Crippen LogP contribution in [0.25, 0.3) is 0 Å². The van der Waals surface area contributed by atoms with Gasteiger partial charge in [0, 0.05) is 6.20 Å². The van der Waals surface area contributed by atoms with Crippen LogP contribution < -0.4 is 5.73 Å². The van der Waals surface area contributed by atoms with Gasteiger partial charge in [0.05, 0.1) is 18.9 Å². The van der Waals surface area contributed by atoms with Gasteiger partial charge in [0.15, 0.2) is 5.78 Å². The largest absolute Gasteiger partial charge is 0.353 e. The number of aromatic nitrogens is 1. The smallest absolute Gasteiger partial charge is 0.313 e. The van der Waals surface area contributed by atoms with Crippen LogP contribution in [0.2, 0.25) is 0 Å². The minimum atomic E-state index is -3.32. The molecule has 0 unspecified atom stereocenters. The Kier molecular flexibility index (Phi) is 5.09. The number of nitrogens with two attached hydrogens (primary N) is 1. The van der Waals surface area contributed by atoms with Gasteiger partial charge < -0.3 is 14.8 Å². The van der Waals surface area contributed by atoms with E-state index >= 15 is 0 Å². The minimum Gasteiger partial charge on any atom is -0.313 e.